The fraction of sp³-hybridized carbons (Fsp3) is 0.435. The number of hydrogen-bond donors (Lipinski definition) is 3. The predicted octanol–water partition coefficient (Wildman–Crippen LogP) is 3.70. The SMILES string of the molecule is O=C(CO)C1CCC(Oc2nc3nc(-c4cccc(CCCO)c4)c(Cl)cc3[nH]2)CC1. The number of halogens is 1. The Kier molecular flexibility index (Phi) is 6.85. The van der Waals surface area contributed by atoms with Crippen LogP contribution in [0.4, 0.5) is 0 Å². The third-order valence-electron chi connectivity index (χ3n) is 5.79. The van der Waals surface area contributed by atoms with E-state index >= 15 is 0 Å². The Bertz CT molecular complexity index is 1060. The van der Waals surface area contributed by atoms with Crippen molar-refractivity contribution in [2.45, 2.75) is 44.6 Å². The van der Waals surface area contributed by atoms with Crippen LogP contribution in [0.25, 0.3) is 22.4 Å². The van der Waals surface area contributed by atoms with Crippen LogP contribution in [0.5, 0.6) is 6.01 Å². The van der Waals surface area contributed by atoms with E-state index < -0.39 is 6.61 Å². The summed E-state index contributed by atoms with van der Waals surface area (Å²) >= 11 is 6.51. The lowest BCUT2D eigenvalue weighted by atomic mass is 9.85. The monoisotopic (exact) mass is 443 g/mol. The highest BCUT2D eigenvalue weighted by molar-refractivity contribution is 6.33. The van der Waals surface area contributed by atoms with Crippen molar-refractivity contribution < 1.29 is 19.7 Å². The van der Waals surface area contributed by atoms with Gasteiger partial charge in [-0.1, -0.05) is 29.8 Å². The fourth-order valence-corrected chi connectivity index (χ4v) is 4.36. The molecule has 0 aliphatic heterocycles. The number of Topliss-reactive ketones (excluding diaryl/α,β-unsaturated/α-hetero) is 1. The predicted molar refractivity (Wildman–Crippen MR) is 118 cm³/mol. The molecule has 2 heterocycles. The van der Waals surface area contributed by atoms with Gasteiger partial charge in [-0.05, 0) is 56.2 Å². The van der Waals surface area contributed by atoms with Gasteiger partial charge < -0.3 is 19.9 Å². The number of aromatic nitrogens is 3. The van der Waals surface area contributed by atoms with Gasteiger partial charge in [-0.3, -0.25) is 4.79 Å². The van der Waals surface area contributed by atoms with Crippen LogP contribution >= 0.6 is 11.6 Å². The molecule has 3 N–H and O–H groups in total. The van der Waals surface area contributed by atoms with Crippen molar-refractivity contribution in [3.8, 4) is 17.3 Å². The van der Waals surface area contributed by atoms with E-state index in [1.165, 1.54) is 0 Å². The summed E-state index contributed by atoms with van der Waals surface area (Å²) in [6, 6.07) is 10.2. The van der Waals surface area contributed by atoms with Gasteiger partial charge in [-0.25, -0.2) is 4.98 Å². The number of benzene rings is 1. The van der Waals surface area contributed by atoms with E-state index in [9.17, 15) is 4.79 Å². The van der Waals surface area contributed by atoms with Crippen LogP contribution in [0.3, 0.4) is 0 Å². The Balaban J connectivity index is 1.50. The Morgan fingerprint density at radius 1 is 1.16 bits per heavy atom. The van der Waals surface area contributed by atoms with E-state index in [0.29, 0.717) is 47.2 Å². The fourth-order valence-electron chi connectivity index (χ4n) is 4.10. The highest BCUT2D eigenvalue weighted by atomic mass is 35.5. The lowest BCUT2D eigenvalue weighted by Crippen LogP contribution is -2.29. The number of aromatic amines is 1. The van der Waals surface area contributed by atoms with Crippen molar-refractivity contribution in [3.63, 3.8) is 0 Å². The van der Waals surface area contributed by atoms with E-state index in [1.54, 1.807) is 6.07 Å². The molecule has 31 heavy (non-hydrogen) atoms. The third kappa shape index (κ3) is 5.06. The number of fused-ring (bicyclic) bond motifs is 1. The molecule has 1 aromatic carbocycles. The van der Waals surface area contributed by atoms with Crippen LogP contribution in [-0.2, 0) is 11.2 Å². The molecule has 0 radical (unpaired) electrons. The van der Waals surface area contributed by atoms with Crippen LogP contribution < -0.4 is 4.74 Å². The van der Waals surface area contributed by atoms with E-state index in [2.05, 4.69) is 15.0 Å². The summed E-state index contributed by atoms with van der Waals surface area (Å²) < 4.78 is 6.00. The first-order valence-corrected chi connectivity index (χ1v) is 11.0. The van der Waals surface area contributed by atoms with Crippen molar-refractivity contribution in [2.75, 3.05) is 13.2 Å². The highest BCUT2D eigenvalue weighted by Crippen LogP contribution is 2.31. The van der Waals surface area contributed by atoms with E-state index in [-0.39, 0.29) is 24.4 Å². The van der Waals surface area contributed by atoms with Gasteiger partial charge in [0.2, 0.25) is 0 Å². The number of aryl methyl sites for hydroxylation is 1. The molecule has 0 bridgehead atoms. The number of rotatable bonds is 8. The van der Waals surface area contributed by atoms with Crippen LogP contribution in [-0.4, -0.2) is 50.3 Å². The van der Waals surface area contributed by atoms with Crippen LogP contribution in [0.1, 0.15) is 37.7 Å². The first kappa shape index (κ1) is 21.7. The van der Waals surface area contributed by atoms with Gasteiger partial charge in [-0.15, -0.1) is 0 Å². The first-order valence-electron chi connectivity index (χ1n) is 10.6. The number of pyridine rings is 1. The number of carbonyl (C=O) groups is 1. The minimum Gasteiger partial charge on any atom is -0.461 e. The Labute approximate surface area is 185 Å². The van der Waals surface area contributed by atoms with Crippen molar-refractivity contribution in [3.05, 3.63) is 40.9 Å². The summed E-state index contributed by atoms with van der Waals surface area (Å²) in [4.78, 5) is 23.9. The summed E-state index contributed by atoms with van der Waals surface area (Å²) in [5.41, 5.74) is 3.90. The Hall–Kier alpha value is -2.48. The van der Waals surface area contributed by atoms with Gasteiger partial charge in [0.05, 0.1) is 16.2 Å². The molecule has 2 aromatic heterocycles. The average molecular weight is 444 g/mol. The topological polar surface area (TPSA) is 108 Å². The summed E-state index contributed by atoms with van der Waals surface area (Å²) in [5.74, 6) is -0.161. The molecule has 1 fully saturated rings. The smallest absolute Gasteiger partial charge is 0.296 e. The summed E-state index contributed by atoms with van der Waals surface area (Å²) in [6.45, 7) is -0.233. The van der Waals surface area contributed by atoms with Crippen molar-refractivity contribution >= 4 is 28.5 Å². The van der Waals surface area contributed by atoms with E-state index in [0.717, 1.165) is 30.4 Å². The Morgan fingerprint density at radius 3 is 2.71 bits per heavy atom. The molecule has 8 heteroatoms. The highest BCUT2D eigenvalue weighted by Gasteiger charge is 2.27. The third-order valence-corrected chi connectivity index (χ3v) is 6.08. The maximum Gasteiger partial charge on any atom is 0.296 e. The number of ether oxygens (including phenoxy) is 1. The van der Waals surface area contributed by atoms with Crippen LogP contribution in [0, 0.1) is 5.92 Å². The van der Waals surface area contributed by atoms with E-state index in [1.807, 2.05) is 24.3 Å². The van der Waals surface area contributed by atoms with Crippen molar-refractivity contribution in [2.24, 2.45) is 5.92 Å². The zero-order valence-corrected chi connectivity index (χ0v) is 17.9. The normalized spacial score (nSPS) is 18.9. The minimum absolute atomic E-state index is 0.0264. The maximum absolute atomic E-state index is 11.7. The number of carbonyl (C=O) groups excluding carboxylic acids is 1. The number of aliphatic hydroxyl groups is 2. The number of nitrogens with one attached hydrogen (secondary N) is 1. The van der Waals surface area contributed by atoms with Gasteiger partial charge in [0, 0.05) is 18.1 Å². The number of nitrogens with zero attached hydrogens (tertiary/aromatic N) is 2. The summed E-state index contributed by atoms with van der Waals surface area (Å²) in [6.07, 6.45) is 4.38. The van der Waals surface area contributed by atoms with Crippen molar-refractivity contribution in [1.82, 2.24) is 15.0 Å². The quantitative estimate of drug-likeness (QED) is 0.489. The van der Waals surface area contributed by atoms with E-state index in [4.69, 9.17) is 26.6 Å². The zero-order chi connectivity index (χ0) is 21.8. The molecule has 1 aliphatic carbocycles. The zero-order valence-electron chi connectivity index (χ0n) is 17.2. The molecule has 1 saturated carbocycles. The van der Waals surface area contributed by atoms with Crippen LogP contribution in [0.2, 0.25) is 5.02 Å². The molecule has 164 valence electrons. The van der Waals surface area contributed by atoms with Gasteiger partial charge in [0.15, 0.2) is 11.4 Å². The van der Waals surface area contributed by atoms with Crippen LogP contribution in [0.15, 0.2) is 30.3 Å². The molecule has 0 atom stereocenters. The molecule has 7 nitrogen and oxygen atoms in total. The minimum atomic E-state index is -0.390. The molecule has 4 rings (SSSR count). The van der Waals surface area contributed by atoms with Crippen molar-refractivity contribution in [1.29, 1.82) is 0 Å². The molecule has 3 aromatic rings. The lowest BCUT2D eigenvalue weighted by Gasteiger charge is -2.26. The molecule has 1 aliphatic rings. The second-order valence-corrected chi connectivity index (χ2v) is 8.38. The van der Waals surface area contributed by atoms with Gasteiger partial charge in [0.25, 0.3) is 6.01 Å². The molecule has 0 amide bonds. The summed E-state index contributed by atoms with van der Waals surface area (Å²) in [7, 11) is 0. The molecule has 0 saturated heterocycles. The number of imidazole rings is 1. The Morgan fingerprint density at radius 2 is 1.97 bits per heavy atom. The lowest BCUT2D eigenvalue weighted by molar-refractivity contribution is -0.127. The number of H-pyrrole nitrogens is 1. The van der Waals surface area contributed by atoms with Gasteiger partial charge in [0.1, 0.15) is 12.7 Å². The molecule has 0 unspecified atom stereocenters. The average Bonchev–Trinajstić information content (AvgIpc) is 3.18. The number of ketones is 1. The maximum atomic E-state index is 11.7. The number of hydrogen-bond acceptors (Lipinski definition) is 6. The number of aliphatic hydroxyl groups excluding tert-OH is 2. The molecular weight excluding hydrogens is 418 g/mol. The standard InChI is InChI=1S/C23H26ClN3O4/c24-18-12-19-22(26-21(18)16-5-1-3-14(11-16)4-2-10-28)27-23(25-19)31-17-8-6-15(7-9-17)20(30)13-29/h1,3,5,11-12,15,17,28-29H,2,4,6-10,13H2,(H,25,26,27). The summed E-state index contributed by atoms with van der Waals surface area (Å²) in [5, 5.41) is 18.6. The van der Waals surface area contributed by atoms with Gasteiger partial charge in [-0.2, -0.15) is 4.98 Å². The first-order chi connectivity index (χ1) is 15.1. The second kappa shape index (κ2) is 9.77. The molecule has 0 spiro atoms. The van der Waals surface area contributed by atoms with Gasteiger partial charge >= 0.3 is 0 Å². The largest absolute Gasteiger partial charge is 0.461 e. The molecular formula is C23H26ClN3O4. The second-order valence-electron chi connectivity index (χ2n) is 7.98.